The summed E-state index contributed by atoms with van der Waals surface area (Å²) < 4.78 is 39.2. The Hall–Kier alpha value is -0.860. The van der Waals surface area contributed by atoms with Crippen molar-refractivity contribution in [1.82, 2.24) is 4.90 Å². The number of carbonyl (C=O) groups is 1. The smallest absolute Gasteiger partial charge is 0.410 e. The molecule has 0 radical (unpaired) electrons. The van der Waals surface area contributed by atoms with Crippen LogP contribution in [0, 0.1) is 0 Å². The molecule has 0 spiro atoms. The Morgan fingerprint density at radius 1 is 1.00 bits per heavy atom. The van der Waals surface area contributed by atoms with Crippen LogP contribution in [-0.4, -0.2) is 62.7 Å². The lowest BCUT2D eigenvalue weighted by atomic mass is 9.94. The third kappa shape index (κ3) is 7.50. The lowest BCUT2D eigenvalue weighted by Gasteiger charge is -2.36. The van der Waals surface area contributed by atoms with Crippen LogP contribution in [0.1, 0.15) is 59.3 Å². The van der Waals surface area contributed by atoms with E-state index in [4.69, 9.17) is 13.7 Å². The SMILES string of the molecule is CC(C)(C)OC(=O)N1CCC(OC2CCCC(OS(C)(=O)=O)C2)CC1. The van der Waals surface area contributed by atoms with Gasteiger partial charge in [0.2, 0.25) is 0 Å². The van der Waals surface area contributed by atoms with Crippen molar-refractivity contribution in [2.24, 2.45) is 0 Å². The van der Waals surface area contributed by atoms with Gasteiger partial charge in [-0.15, -0.1) is 0 Å². The third-order valence-corrected chi connectivity index (χ3v) is 4.99. The molecule has 0 N–H and O–H groups in total. The van der Waals surface area contributed by atoms with Crippen molar-refractivity contribution >= 4 is 16.2 Å². The Morgan fingerprint density at radius 3 is 2.16 bits per heavy atom. The molecular weight excluding hydrogens is 346 g/mol. The minimum absolute atomic E-state index is 0.0265. The van der Waals surface area contributed by atoms with Gasteiger partial charge in [0.15, 0.2) is 0 Å². The topological polar surface area (TPSA) is 82.1 Å². The van der Waals surface area contributed by atoms with E-state index in [-0.39, 0.29) is 24.4 Å². The maximum Gasteiger partial charge on any atom is 0.410 e. The van der Waals surface area contributed by atoms with Crippen LogP contribution in [-0.2, 0) is 23.8 Å². The highest BCUT2D eigenvalue weighted by molar-refractivity contribution is 7.86. The van der Waals surface area contributed by atoms with Gasteiger partial charge in [-0.2, -0.15) is 8.42 Å². The number of carbonyl (C=O) groups excluding carboxylic acids is 1. The molecule has 0 aromatic rings. The van der Waals surface area contributed by atoms with E-state index in [9.17, 15) is 13.2 Å². The van der Waals surface area contributed by atoms with Gasteiger partial charge in [0, 0.05) is 19.5 Å². The number of ether oxygens (including phenoxy) is 2. The van der Waals surface area contributed by atoms with Gasteiger partial charge in [-0.3, -0.25) is 4.18 Å². The Balaban J connectivity index is 1.75. The Morgan fingerprint density at radius 2 is 1.60 bits per heavy atom. The molecule has 1 aliphatic heterocycles. The summed E-state index contributed by atoms with van der Waals surface area (Å²) in [5, 5.41) is 0. The highest BCUT2D eigenvalue weighted by Crippen LogP contribution is 2.27. The molecule has 1 aliphatic carbocycles. The quantitative estimate of drug-likeness (QED) is 0.701. The largest absolute Gasteiger partial charge is 0.444 e. The summed E-state index contributed by atoms with van der Waals surface area (Å²) in [5.41, 5.74) is -0.485. The molecular formula is C17H31NO6S. The van der Waals surface area contributed by atoms with Crippen molar-refractivity contribution in [2.75, 3.05) is 19.3 Å². The molecule has 0 aromatic heterocycles. The van der Waals surface area contributed by atoms with E-state index in [1.165, 1.54) is 0 Å². The molecule has 25 heavy (non-hydrogen) atoms. The summed E-state index contributed by atoms with van der Waals surface area (Å²) in [7, 11) is -3.43. The van der Waals surface area contributed by atoms with Crippen LogP contribution in [0.3, 0.4) is 0 Å². The van der Waals surface area contributed by atoms with E-state index < -0.39 is 15.7 Å². The molecule has 146 valence electrons. The summed E-state index contributed by atoms with van der Waals surface area (Å²) in [4.78, 5) is 13.8. The highest BCUT2D eigenvalue weighted by atomic mass is 32.2. The number of amides is 1. The fourth-order valence-electron chi connectivity index (χ4n) is 3.33. The maximum atomic E-state index is 12.1. The van der Waals surface area contributed by atoms with Crippen molar-refractivity contribution < 1.29 is 26.9 Å². The van der Waals surface area contributed by atoms with Gasteiger partial charge in [0.05, 0.1) is 24.6 Å². The molecule has 2 rings (SSSR count). The molecule has 1 heterocycles. The summed E-state index contributed by atoms with van der Waals surface area (Å²) >= 11 is 0. The van der Waals surface area contributed by atoms with Gasteiger partial charge in [-0.1, -0.05) is 0 Å². The van der Waals surface area contributed by atoms with Crippen LogP contribution in [0.25, 0.3) is 0 Å². The van der Waals surface area contributed by atoms with Crippen molar-refractivity contribution in [3.8, 4) is 0 Å². The second kappa shape index (κ2) is 8.22. The zero-order valence-electron chi connectivity index (χ0n) is 15.7. The number of rotatable bonds is 4. The van der Waals surface area contributed by atoms with Crippen LogP contribution in [0.5, 0.6) is 0 Å². The van der Waals surface area contributed by atoms with Gasteiger partial charge in [-0.05, 0) is 52.9 Å². The van der Waals surface area contributed by atoms with Crippen LogP contribution < -0.4 is 0 Å². The Labute approximate surface area is 151 Å². The molecule has 0 aromatic carbocycles. The lowest BCUT2D eigenvalue weighted by Crippen LogP contribution is -2.44. The number of nitrogens with zero attached hydrogens (tertiary/aromatic N) is 1. The first-order chi connectivity index (χ1) is 11.5. The van der Waals surface area contributed by atoms with Gasteiger partial charge in [0.1, 0.15) is 5.60 Å². The van der Waals surface area contributed by atoms with Gasteiger partial charge in [0.25, 0.3) is 10.1 Å². The van der Waals surface area contributed by atoms with E-state index in [0.717, 1.165) is 38.4 Å². The zero-order valence-corrected chi connectivity index (χ0v) is 16.5. The predicted octanol–water partition coefficient (Wildman–Crippen LogP) is 2.69. The standard InChI is InChI=1S/C17H31NO6S/c1-17(2,3)23-16(19)18-10-8-13(9-11-18)22-14-6-5-7-15(12-14)24-25(4,20)21/h13-15H,5-12H2,1-4H3. The molecule has 2 aliphatic rings. The average molecular weight is 378 g/mol. The number of likely N-dealkylation sites (tertiary alicyclic amines) is 1. The fourth-order valence-corrected chi connectivity index (χ4v) is 4.00. The summed E-state index contributed by atoms with van der Waals surface area (Å²) in [6, 6.07) is 0. The molecule has 1 saturated carbocycles. The number of hydrogen-bond acceptors (Lipinski definition) is 6. The number of hydrogen-bond donors (Lipinski definition) is 0. The first-order valence-corrected chi connectivity index (χ1v) is 10.8. The van der Waals surface area contributed by atoms with Crippen molar-refractivity contribution in [3.63, 3.8) is 0 Å². The van der Waals surface area contributed by atoms with Gasteiger partial charge in [-0.25, -0.2) is 4.79 Å². The second-order valence-electron chi connectivity index (χ2n) is 8.01. The molecule has 7 nitrogen and oxygen atoms in total. The minimum atomic E-state index is -3.43. The van der Waals surface area contributed by atoms with E-state index in [2.05, 4.69) is 0 Å². The zero-order chi connectivity index (χ0) is 18.7. The maximum absolute atomic E-state index is 12.1. The van der Waals surface area contributed by atoms with Crippen molar-refractivity contribution in [2.45, 2.75) is 83.2 Å². The lowest BCUT2D eigenvalue weighted by molar-refractivity contribution is -0.0721. The fraction of sp³-hybridized carbons (Fsp3) is 0.941. The van der Waals surface area contributed by atoms with E-state index in [0.29, 0.717) is 19.5 Å². The van der Waals surface area contributed by atoms with Crippen LogP contribution in [0.4, 0.5) is 4.79 Å². The predicted molar refractivity (Wildman–Crippen MR) is 93.9 cm³/mol. The van der Waals surface area contributed by atoms with E-state index in [1.54, 1.807) is 4.90 Å². The average Bonchev–Trinajstić information content (AvgIpc) is 2.44. The Bertz CT molecular complexity index is 548. The monoisotopic (exact) mass is 377 g/mol. The second-order valence-corrected chi connectivity index (χ2v) is 9.61. The van der Waals surface area contributed by atoms with Crippen LogP contribution in [0.15, 0.2) is 0 Å². The van der Waals surface area contributed by atoms with E-state index >= 15 is 0 Å². The molecule has 1 amide bonds. The molecule has 2 atom stereocenters. The molecule has 8 heteroatoms. The van der Waals surface area contributed by atoms with Crippen molar-refractivity contribution in [3.05, 3.63) is 0 Å². The first kappa shape index (κ1) is 20.5. The van der Waals surface area contributed by atoms with Crippen LogP contribution >= 0.6 is 0 Å². The highest BCUT2D eigenvalue weighted by Gasteiger charge is 2.31. The van der Waals surface area contributed by atoms with Crippen LogP contribution in [0.2, 0.25) is 0 Å². The van der Waals surface area contributed by atoms with Gasteiger partial charge >= 0.3 is 6.09 Å². The van der Waals surface area contributed by atoms with Gasteiger partial charge < -0.3 is 14.4 Å². The minimum Gasteiger partial charge on any atom is -0.444 e. The molecule has 0 bridgehead atoms. The van der Waals surface area contributed by atoms with E-state index in [1.807, 2.05) is 20.8 Å². The number of piperidine rings is 1. The van der Waals surface area contributed by atoms with Crippen molar-refractivity contribution in [1.29, 1.82) is 0 Å². The molecule has 1 saturated heterocycles. The molecule has 2 unspecified atom stereocenters. The Kier molecular flexibility index (Phi) is 6.73. The normalized spacial score (nSPS) is 26.5. The third-order valence-electron chi connectivity index (χ3n) is 4.37. The summed E-state index contributed by atoms with van der Waals surface area (Å²) in [6.07, 6.45) is 5.39. The first-order valence-electron chi connectivity index (χ1n) is 9.03. The summed E-state index contributed by atoms with van der Waals surface area (Å²) in [5.74, 6) is 0. The summed E-state index contributed by atoms with van der Waals surface area (Å²) in [6.45, 7) is 6.82. The molecule has 2 fully saturated rings.